The van der Waals surface area contributed by atoms with Gasteiger partial charge in [-0.3, -0.25) is 0 Å². The van der Waals surface area contributed by atoms with E-state index in [-0.39, 0.29) is 46.5 Å². The average Bonchev–Trinajstić information content (AvgIpc) is 2.87. The fraction of sp³-hybridized carbons (Fsp3) is 0.389. The Balaban J connectivity index is -0.000000401. The molecule has 1 N–H and O–H groups in total. The van der Waals surface area contributed by atoms with Crippen molar-refractivity contribution in [3.05, 3.63) is 65.3 Å². The van der Waals surface area contributed by atoms with E-state index in [0.717, 1.165) is 19.3 Å². The molecule has 0 saturated carbocycles. The molecule has 0 unspecified atom stereocenters. The second-order valence-corrected chi connectivity index (χ2v) is 4.80. The molecule has 1 aliphatic rings. The number of hydrogen-bond acceptors (Lipinski definition) is 0. The predicted molar refractivity (Wildman–Crippen MR) is 86.0 cm³/mol. The number of benzene rings is 1. The Kier molecular flexibility index (Phi) is 19.1. The van der Waals surface area contributed by atoms with E-state index < -0.39 is 0 Å². The quantitative estimate of drug-likeness (QED) is 0.517. The van der Waals surface area contributed by atoms with Gasteiger partial charge in [-0.25, -0.2) is 0 Å². The van der Waals surface area contributed by atoms with Crippen molar-refractivity contribution in [2.75, 3.05) is 6.54 Å². The zero-order valence-corrected chi connectivity index (χ0v) is 16.7. The molecule has 0 fully saturated rings. The molecule has 0 amide bonds. The third-order valence-corrected chi connectivity index (χ3v) is 3.19. The first-order chi connectivity index (χ1) is 9.22. The molecule has 4 heteroatoms. The van der Waals surface area contributed by atoms with E-state index in [9.17, 15) is 0 Å². The van der Waals surface area contributed by atoms with E-state index in [0.29, 0.717) is 6.54 Å². The van der Waals surface area contributed by atoms with Crippen LogP contribution in [0.4, 0.5) is 0 Å². The van der Waals surface area contributed by atoms with E-state index in [1.165, 1.54) is 22.3 Å². The van der Waals surface area contributed by atoms with Gasteiger partial charge in [-0.2, -0.15) is 24.6 Å². The summed E-state index contributed by atoms with van der Waals surface area (Å²) in [6.07, 6.45) is 10.0. The molecular weight excluding hydrogens is 349 g/mol. The van der Waals surface area contributed by atoms with Gasteiger partial charge >= 0.3 is 21.7 Å². The molecule has 0 spiro atoms. The number of hydrogen-bond donors (Lipinski definition) is 0. The third-order valence-electron chi connectivity index (χ3n) is 3.19. The summed E-state index contributed by atoms with van der Waals surface area (Å²) >= 11 is 0. The Morgan fingerprint density at radius 3 is 2.23 bits per heavy atom. The van der Waals surface area contributed by atoms with Gasteiger partial charge in [0.15, 0.2) is 0 Å². The zero-order chi connectivity index (χ0) is 14.1. The van der Waals surface area contributed by atoms with Gasteiger partial charge in [-0.15, -0.1) is 17.7 Å². The molecule has 0 aliphatic heterocycles. The van der Waals surface area contributed by atoms with E-state index in [1.54, 1.807) is 0 Å². The molecule has 1 nitrogen and oxygen atoms in total. The van der Waals surface area contributed by atoms with Crippen molar-refractivity contribution in [3.8, 4) is 0 Å². The van der Waals surface area contributed by atoms with Crippen LogP contribution < -0.4 is 24.8 Å². The number of unbranched alkanes of at least 4 members (excludes halogenated alkanes) is 1. The smallest absolute Gasteiger partial charge is 1.00 e. The molecule has 22 heavy (non-hydrogen) atoms. The monoisotopic (exact) mass is 373 g/mol. The van der Waals surface area contributed by atoms with Gasteiger partial charge in [0.05, 0.1) is 0 Å². The van der Waals surface area contributed by atoms with Gasteiger partial charge in [0, 0.05) is 0 Å². The molecule has 0 atom stereocenters. The maximum absolute atomic E-state index is 6.60. The van der Waals surface area contributed by atoms with Crippen LogP contribution >= 0.6 is 0 Å². The molecule has 0 bridgehead atoms. The van der Waals surface area contributed by atoms with Crippen LogP contribution in [0.3, 0.4) is 0 Å². The van der Waals surface area contributed by atoms with Crippen LogP contribution in [0.2, 0.25) is 0 Å². The van der Waals surface area contributed by atoms with Crippen LogP contribution in [-0.4, -0.2) is 6.54 Å². The van der Waals surface area contributed by atoms with Crippen molar-refractivity contribution < 1.29 is 46.5 Å². The zero-order valence-electron chi connectivity index (χ0n) is 13.6. The molecule has 0 aromatic heterocycles. The van der Waals surface area contributed by atoms with Gasteiger partial charge in [0.25, 0.3) is 0 Å². The van der Waals surface area contributed by atoms with Crippen molar-refractivity contribution in [1.82, 2.24) is 0 Å². The summed E-state index contributed by atoms with van der Waals surface area (Å²) in [7, 11) is 0. The third kappa shape index (κ3) is 9.07. The normalized spacial score (nSPS) is 11.5. The van der Waals surface area contributed by atoms with Crippen molar-refractivity contribution in [2.24, 2.45) is 0 Å². The van der Waals surface area contributed by atoms with Gasteiger partial charge in [-0.1, -0.05) is 56.1 Å². The Bertz CT molecular complexity index is 454. The largest absolute Gasteiger partial charge is 2.00 e. The second kappa shape index (κ2) is 15.7. The molecule has 1 aromatic carbocycles. The van der Waals surface area contributed by atoms with Gasteiger partial charge in [0.1, 0.15) is 0 Å². The van der Waals surface area contributed by atoms with Crippen LogP contribution in [0.15, 0.2) is 42.0 Å². The summed E-state index contributed by atoms with van der Waals surface area (Å²) in [5.41, 5.74) is 12.1. The molecule has 2 rings (SSSR count). The molecule has 0 radical (unpaired) electrons. The maximum Gasteiger partial charge on any atom is 2.00 e. The first-order valence-electron chi connectivity index (χ1n) is 7.13. The van der Waals surface area contributed by atoms with Crippen molar-refractivity contribution >= 4 is 5.57 Å². The van der Waals surface area contributed by atoms with E-state index in [2.05, 4.69) is 63.6 Å². The molecule has 1 aliphatic carbocycles. The number of halogens is 2. The van der Waals surface area contributed by atoms with Crippen LogP contribution in [0.5, 0.6) is 0 Å². The van der Waals surface area contributed by atoms with Crippen LogP contribution in [0, 0.1) is 6.42 Å². The molecular formula is C18H25Cl2NTi-2. The molecule has 0 heterocycles. The maximum atomic E-state index is 6.60. The Labute approximate surface area is 163 Å². The first-order valence-corrected chi connectivity index (χ1v) is 7.13. The molecule has 122 valence electrons. The second-order valence-electron chi connectivity index (χ2n) is 4.80. The van der Waals surface area contributed by atoms with Crippen LogP contribution in [-0.2, 0) is 21.7 Å². The molecule has 0 saturated heterocycles. The molecule has 1 aromatic rings. The van der Waals surface area contributed by atoms with E-state index in [1.807, 2.05) is 0 Å². The summed E-state index contributed by atoms with van der Waals surface area (Å²) in [6.45, 7) is 6.94. The van der Waals surface area contributed by atoms with Crippen molar-refractivity contribution in [2.45, 2.75) is 40.0 Å². The van der Waals surface area contributed by atoms with Crippen molar-refractivity contribution in [1.29, 1.82) is 0 Å². The Morgan fingerprint density at radius 2 is 1.82 bits per heavy atom. The Hall–Kier alpha value is -0.176. The number of allylic oxidation sites excluding steroid dienone is 4. The summed E-state index contributed by atoms with van der Waals surface area (Å²) in [5.74, 6) is 0. The predicted octanol–water partition coefficient (Wildman–Crippen LogP) is -0.164. The average molecular weight is 374 g/mol. The van der Waals surface area contributed by atoms with E-state index in [4.69, 9.17) is 5.73 Å². The SMILES string of the molecule is CCCC[NH-].C[CH-]c1ccccc1C1=CC(C)=CC1.[Cl-].[Cl-].[Ti+2]. The van der Waals surface area contributed by atoms with Crippen LogP contribution in [0.25, 0.3) is 11.3 Å². The fourth-order valence-electron chi connectivity index (χ4n) is 2.07. The Morgan fingerprint density at radius 1 is 1.18 bits per heavy atom. The number of rotatable bonds is 4. The fourth-order valence-corrected chi connectivity index (χ4v) is 2.07. The summed E-state index contributed by atoms with van der Waals surface area (Å²) < 4.78 is 0. The van der Waals surface area contributed by atoms with Crippen LogP contribution in [0.1, 0.15) is 51.2 Å². The summed E-state index contributed by atoms with van der Waals surface area (Å²) in [6, 6.07) is 8.57. The summed E-state index contributed by atoms with van der Waals surface area (Å²) in [4.78, 5) is 0. The first kappa shape index (κ1) is 26.7. The van der Waals surface area contributed by atoms with Gasteiger partial charge in [0.2, 0.25) is 0 Å². The van der Waals surface area contributed by atoms with Crippen molar-refractivity contribution in [3.63, 3.8) is 0 Å². The van der Waals surface area contributed by atoms with Gasteiger partial charge in [-0.05, 0) is 13.3 Å². The standard InChI is InChI=1S/C14H15.C4H10N.2ClH.Ti/c1-3-12-6-4-5-7-14(12)13-9-8-11(2)10-13;1-2-3-4-5;;;/h3-8,10H,9H2,1-2H3;5H,2-4H2,1H3;2*1H;/q2*-1;;;+2/p-2. The minimum Gasteiger partial charge on any atom is -1.00 e. The topological polar surface area (TPSA) is 23.8 Å². The number of nitrogens with one attached hydrogen (secondary N) is 1. The van der Waals surface area contributed by atoms with E-state index >= 15 is 0 Å². The minimum absolute atomic E-state index is 0. The minimum atomic E-state index is 0. The summed E-state index contributed by atoms with van der Waals surface area (Å²) in [5, 5.41) is 0. The van der Waals surface area contributed by atoms with Gasteiger partial charge < -0.3 is 30.5 Å².